The first kappa shape index (κ1) is 16.7. The summed E-state index contributed by atoms with van der Waals surface area (Å²) >= 11 is 3.87. The minimum atomic E-state index is 1.12. The molecule has 0 atom stereocenters. The van der Waals surface area contributed by atoms with Gasteiger partial charge in [0.2, 0.25) is 0 Å². The van der Waals surface area contributed by atoms with Gasteiger partial charge in [0.05, 0.1) is 0 Å². The van der Waals surface area contributed by atoms with Crippen LogP contribution in [0.5, 0.6) is 0 Å². The summed E-state index contributed by atoms with van der Waals surface area (Å²) < 4.78 is 1.12. The van der Waals surface area contributed by atoms with E-state index in [2.05, 4.69) is 109 Å². The fraction of sp³-hybridized carbons (Fsp3) is 0.130. The highest BCUT2D eigenvalue weighted by atomic mass is 79.9. The molecule has 120 valence electrons. The van der Waals surface area contributed by atoms with Crippen LogP contribution in [-0.4, -0.2) is 0 Å². The van der Waals surface area contributed by atoms with Crippen molar-refractivity contribution in [3.63, 3.8) is 0 Å². The first-order valence-corrected chi connectivity index (χ1v) is 8.95. The third kappa shape index (κ3) is 3.68. The van der Waals surface area contributed by atoms with E-state index >= 15 is 0 Å². The molecule has 0 saturated heterocycles. The van der Waals surface area contributed by atoms with Crippen LogP contribution in [0.3, 0.4) is 0 Å². The molecule has 0 bridgehead atoms. The fourth-order valence-corrected chi connectivity index (χ4v) is 3.43. The lowest BCUT2D eigenvalue weighted by Gasteiger charge is -2.14. The molecule has 1 heteroatoms. The first-order chi connectivity index (χ1) is 11.5. The maximum Gasteiger partial charge on any atom is 0.0332 e. The average molecular weight is 377 g/mol. The van der Waals surface area contributed by atoms with Gasteiger partial charge in [-0.1, -0.05) is 89.5 Å². The number of benzene rings is 3. The van der Waals surface area contributed by atoms with Crippen molar-refractivity contribution in [1.29, 1.82) is 0 Å². The van der Waals surface area contributed by atoms with Crippen molar-refractivity contribution in [2.45, 2.75) is 20.8 Å². The van der Waals surface area contributed by atoms with Gasteiger partial charge in [0.15, 0.2) is 0 Å². The molecule has 0 unspecified atom stereocenters. The zero-order valence-electron chi connectivity index (χ0n) is 14.3. The molecular weight excluding hydrogens is 356 g/mol. The Bertz CT molecular complexity index is 804. The Balaban J connectivity index is 2.20. The summed E-state index contributed by atoms with van der Waals surface area (Å²) in [5.41, 5.74) is 8.66. The third-order valence-corrected chi connectivity index (χ3v) is 5.06. The Morgan fingerprint density at radius 3 is 1.12 bits per heavy atom. The zero-order chi connectivity index (χ0) is 17.1. The number of aryl methyl sites for hydroxylation is 3. The van der Waals surface area contributed by atoms with Crippen molar-refractivity contribution in [3.05, 3.63) is 106 Å². The number of hydrogen-bond donors (Lipinski definition) is 0. The van der Waals surface area contributed by atoms with Crippen molar-refractivity contribution in [2.24, 2.45) is 0 Å². The average Bonchev–Trinajstić information content (AvgIpc) is 2.59. The van der Waals surface area contributed by atoms with Gasteiger partial charge >= 0.3 is 0 Å². The van der Waals surface area contributed by atoms with E-state index in [0.717, 1.165) is 4.48 Å². The fourth-order valence-electron chi connectivity index (χ4n) is 2.70. The molecule has 0 aliphatic rings. The second-order valence-electron chi connectivity index (χ2n) is 6.29. The molecule has 0 spiro atoms. The SMILES string of the molecule is Cc1ccc(C(Br)=C(c2ccc(C)cc2)c2ccc(C)cc2)cc1. The standard InChI is InChI=1S/C23H21Br/c1-16-4-10-19(11-5-16)22(20-12-6-17(2)7-13-20)23(24)21-14-8-18(3)9-15-21/h4-15H,1-3H3. The second-order valence-corrected chi connectivity index (χ2v) is 7.08. The monoisotopic (exact) mass is 376 g/mol. The summed E-state index contributed by atoms with van der Waals surface area (Å²) in [5.74, 6) is 0. The highest BCUT2D eigenvalue weighted by molar-refractivity contribution is 9.15. The molecule has 3 aromatic rings. The Kier molecular flexibility index (Phi) is 5.01. The van der Waals surface area contributed by atoms with Gasteiger partial charge < -0.3 is 0 Å². The molecule has 0 aliphatic heterocycles. The van der Waals surface area contributed by atoms with E-state index in [4.69, 9.17) is 0 Å². The smallest absolute Gasteiger partial charge is 0.0332 e. The van der Waals surface area contributed by atoms with Gasteiger partial charge in [-0.05, 0) is 53.4 Å². The van der Waals surface area contributed by atoms with Crippen molar-refractivity contribution in [2.75, 3.05) is 0 Å². The lowest BCUT2D eigenvalue weighted by atomic mass is 9.94. The first-order valence-electron chi connectivity index (χ1n) is 8.15. The maximum atomic E-state index is 3.87. The van der Waals surface area contributed by atoms with E-state index in [-0.39, 0.29) is 0 Å². The van der Waals surface area contributed by atoms with Crippen LogP contribution in [0.2, 0.25) is 0 Å². The van der Waals surface area contributed by atoms with Gasteiger partial charge in [-0.3, -0.25) is 0 Å². The Hall–Kier alpha value is -2.12. The van der Waals surface area contributed by atoms with Crippen LogP contribution >= 0.6 is 15.9 Å². The summed E-state index contributed by atoms with van der Waals surface area (Å²) in [7, 11) is 0. The van der Waals surface area contributed by atoms with Crippen LogP contribution in [-0.2, 0) is 0 Å². The van der Waals surface area contributed by atoms with Crippen LogP contribution < -0.4 is 0 Å². The number of rotatable bonds is 3. The Labute approximate surface area is 153 Å². The number of hydrogen-bond acceptors (Lipinski definition) is 0. The molecular formula is C23H21Br. The van der Waals surface area contributed by atoms with Crippen LogP contribution in [0.25, 0.3) is 10.1 Å². The lowest BCUT2D eigenvalue weighted by Crippen LogP contribution is -1.92. The van der Waals surface area contributed by atoms with Gasteiger partial charge in [0.25, 0.3) is 0 Å². The number of halogens is 1. The van der Waals surface area contributed by atoms with Crippen LogP contribution in [0.1, 0.15) is 33.4 Å². The summed E-state index contributed by atoms with van der Waals surface area (Å²) in [6.45, 7) is 6.35. The zero-order valence-corrected chi connectivity index (χ0v) is 15.9. The molecule has 3 aromatic carbocycles. The van der Waals surface area contributed by atoms with Crippen molar-refractivity contribution in [1.82, 2.24) is 0 Å². The van der Waals surface area contributed by atoms with E-state index in [1.54, 1.807) is 0 Å². The summed E-state index contributed by atoms with van der Waals surface area (Å²) in [4.78, 5) is 0. The molecule has 24 heavy (non-hydrogen) atoms. The minimum absolute atomic E-state index is 1.12. The minimum Gasteiger partial charge on any atom is -0.0587 e. The summed E-state index contributed by atoms with van der Waals surface area (Å²) in [5, 5.41) is 0. The van der Waals surface area contributed by atoms with Crippen molar-refractivity contribution < 1.29 is 0 Å². The predicted molar refractivity (Wildman–Crippen MR) is 108 cm³/mol. The van der Waals surface area contributed by atoms with Gasteiger partial charge in [-0.25, -0.2) is 0 Å². The quantitative estimate of drug-likeness (QED) is 0.435. The van der Waals surface area contributed by atoms with E-state index in [0.29, 0.717) is 0 Å². The molecule has 0 aliphatic carbocycles. The Morgan fingerprint density at radius 1 is 0.500 bits per heavy atom. The van der Waals surface area contributed by atoms with E-state index < -0.39 is 0 Å². The van der Waals surface area contributed by atoms with Crippen LogP contribution in [0.15, 0.2) is 72.8 Å². The summed E-state index contributed by atoms with van der Waals surface area (Å²) in [6, 6.07) is 26.1. The highest BCUT2D eigenvalue weighted by Gasteiger charge is 2.12. The van der Waals surface area contributed by atoms with Crippen LogP contribution in [0.4, 0.5) is 0 Å². The topological polar surface area (TPSA) is 0 Å². The molecule has 3 rings (SSSR count). The normalized spacial score (nSPS) is 10.5. The van der Waals surface area contributed by atoms with Gasteiger partial charge in [0, 0.05) is 10.1 Å². The summed E-state index contributed by atoms with van der Waals surface area (Å²) in [6.07, 6.45) is 0. The molecule has 0 aromatic heterocycles. The van der Waals surface area contributed by atoms with Gasteiger partial charge in [-0.2, -0.15) is 0 Å². The largest absolute Gasteiger partial charge is 0.0587 e. The van der Waals surface area contributed by atoms with Gasteiger partial charge in [-0.15, -0.1) is 0 Å². The van der Waals surface area contributed by atoms with E-state index in [9.17, 15) is 0 Å². The lowest BCUT2D eigenvalue weighted by molar-refractivity contribution is 1.42. The molecule has 0 nitrogen and oxygen atoms in total. The highest BCUT2D eigenvalue weighted by Crippen LogP contribution is 2.36. The Morgan fingerprint density at radius 2 is 0.792 bits per heavy atom. The second kappa shape index (κ2) is 7.19. The van der Waals surface area contributed by atoms with E-state index in [1.165, 1.54) is 39.0 Å². The van der Waals surface area contributed by atoms with Gasteiger partial charge in [0.1, 0.15) is 0 Å². The van der Waals surface area contributed by atoms with Crippen molar-refractivity contribution >= 4 is 26.0 Å². The maximum absolute atomic E-state index is 3.87. The molecule has 0 saturated carbocycles. The molecule has 0 N–H and O–H groups in total. The predicted octanol–water partition coefficient (Wildman–Crippen LogP) is 6.92. The molecule has 0 fully saturated rings. The van der Waals surface area contributed by atoms with Crippen molar-refractivity contribution in [3.8, 4) is 0 Å². The van der Waals surface area contributed by atoms with Crippen LogP contribution in [0, 0.1) is 20.8 Å². The molecule has 0 amide bonds. The third-order valence-electron chi connectivity index (χ3n) is 4.20. The molecule has 0 radical (unpaired) electrons. The molecule has 0 heterocycles. The van der Waals surface area contributed by atoms with E-state index in [1.807, 2.05) is 0 Å².